The number of likely N-dealkylation sites (N-methyl/N-ethyl adjacent to an activating group) is 1. The van der Waals surface area contributed by atoms with Gasteiger partial charge in [0.2, 0.25) is 11.8 Å². The Morgan fingerprint density at radius 2 is 1.79 bits per heavy atom. The molecule has 0 aliphatic carbocycles. The van der Waals surface area contributed by atoms with Gasteiger partial charge in [0.25, 0.3) is 5.91 Å². The molecule has 1 aromatic rings. The van der Waals surface area contributed by atoms with Crippen LogP contribution in [0.5, 0.6) is 0 Å². The minimum Gasteiger partial charge on any atom is -0.335 e. The van der Waals surface area contributed by atoms with E-state index in [1.807, 2.05) is 0 Å². The lowest BCUT2D eigenvalue weighted by Crippen LogP contribution is -2.55. The Morgan fingerprint density at radius 1 is 1.21 bits per heavy atom. The molecule has 130 valence electrons. The minimum atomic E-state index is -4.55. The molecule has 0 saturated carbocycles. The van der Waals surface area contributed by atoms with Gasteiger partial charge in [0.05, 0.1) is 5.41 Å². The highest BCUT2D eigenvalue weighted by Crippen LogP contribution is 2.34. The van der Waals surface area contributed by atoms with Crippen molar-refractivity contribution in [3.63, 3.8) is 0 Å². The second-order valence-electron chi connectivity index (χ2n) is 6.23. The Hall–Kier alpha value is -2.38. The summed E-state index contributed by atoms with van der Waals surface area (Å²) in [5, 5.41) is 0. The number of hydrogen-bond donors (Lipinski definition) is 0. The van der Waals surface area contributed by atoms with E-state index in [4.69, 9.17) is 0 Å². The van der Waals surface area contributed by atoms with Crippen molar-refractivity contribution in [2.75, 3.05) is 20.1 Å². The van der Waals surface area contributed by atoms with Crippen molar-refractivity contribution in [1.29, 1.82) is 0 Å². The number of halogens is 3. The Kier molecular flexibility index (Phi) is 4.43. The quantitative estimate of drug-likeness (QED) is 0.789. The summed E-state index contributed by atoms with van der Waals surface area (Å²) < 4.78 is 37.1. The van der Waals surface area contributed by atoms with Crippen LogP contribution < -0.4 is 0 Å². The average Bonchev–Trinajstić information content (AvgIpc) is 2.48. The van der Waals surface area contributed by atoms with E-state index in [9.17, 15) is 27.6 Å². The number of nitrogens with zero attached hydrogens (tertiary/aromatic N) is 2. The fourth-order valence-electron chi connectivity index (χ4n) is 2.66. The highest BCUT2D eigenvalue weighted by atomic mass is 19.4. The Bertz CT molecular complexity index is 698. The summed E-state index contributed by atoms with van der Waals surface area (Å²) in [6, 6.07) is 6.50. The first-order chi connectivity index (χ1) is 10.9. The van der Waals surface area contributed by atoms with Crippen LogP contribution in [0, 0.1) is 0 Å². The topological polar surface area (TPSA) is 57.7 Å². The fourth-order valence-corrected chi connectivity index (χ4v) is 2.66. The van der Waals surface area contributed by atoms with Crippen LogP contribution in [0.3, 0.4) is 0 Å². The molecule has 0 fully saturated rings. The number of amides is 3. The maximum absolute atomic E-state index is 12.6. The summed E-state index contributed by atoms with van der Waals surface area (Å²) in [7, 11) is 0.980. The molecule has 0 atom stereocenters. The molecule has 0 unspecified atom stereocenters. The average molecular weight is 342 g/mol. The minimum absolute atomic E-state index is 0.272. The van der Waals surface area contributed by atoms with E-state index in [0.29, 0.717) is 10.5 Å². The number of imide groups is 1. The number of carbonyl (C=O) groups is 3. The molecule has 1 aliphatic rings. The monoisotopic (exact) mass is 342 g/mol. The van der Waals surface area contributed by atoms with Gasteiger partial charge in [-0.15, -0.1) is 0 Å². The normalized spacial score (nSPS) is 16.8. The van der Waals surface area contributed by atoms with Crippen molar-refractivity contribution in [2.24, 2.45) is 0 Å². The molecule has 1 heterocycles. The van der Waals surface area contributed by atoms with Gasteiger partial charge in [-0.2, -0.15) is 13.2 Å². The summed E-state index contributed by atoms with van der Waals surface area (Å²) >= 11 is 0. The van der Waals surface area contributed by atoms with E-state index in [1.54, 1.807) is 32.0 Å². The third kappa shape index (κ3) is 3.27. The molecule has 3 amide bonds. The van der Waals surface area contributed by atoms with E-state index >= 15 is 0 Å². The summed E-state index contributed by atoms with van der Waals surface area (Å²) in [6.07, 6.45) is -4.55. The van der Waals surface area contributed by atoms with Crippen molar-refractivity contribution in [3.05, 3.63) is 35.4 Å². The van der Waals surface area contributed by atoms with Crippen LogP contribution in [0.2, 0.25) is 0 Å². The van der Waals surface area contributed by atoms with Gasteiger partial charge in [0.15, 0.2) is 0 Å². The molecular formula is C16H17F3N2O3. The largest absolute Gasteiger partial charge is 0.406 e. The van der Waals surface area contributed by atoms with Crippen molar-refractivity contribution in [1.82, 2.24) is 9.80 Å². The predicted molar refractivity (Wildman–Crippen MR) is 79.2 cm³/mol. The van der Waals surface area contributed by atoms with Crippen molar-refractivity contribution < 1.29 is 27.6 Å². The summed E-state index contributed by atoms with van der Waals surface area (Å²) in [5.74, 6) is -2.24. The lowest BCUT2D eigenvalue weighted by atomic mass is 9.77. The number of rotatable bonds is 3. The van der Waals surface area contributed by atoms with Gasteiger partial charge in [-0.3, -0.25) is 19.3 Å². The van der Waals surface area contributed by atoms with Gasteiger partial charge in [0, 0.05) is 12.6 Å². The van der Waals surface area contributed by atoms with Crippen molar-refractivity contribution in [3.8, 4) is 0 Å². The van der Waals surface area contributed by atoms with E-state index in [0.717, 1.165) is 11.9 Å². The zero-order valence-corrected chi connectivity index (χ0v) is 13.5. The van der Waals surface area contributed by atoms with E-state index in [1.165, 1.54) is 6.07 Å². The number of carbonyl (C=O) groups excluding carboxylic acids is 3. The predicted octanol–water partition coefficient (Wildman–Crippen LogP) is 1.97. The maximum atomic E-state index is 12.6. The SMILES string of the molecule is CN(CC(F)(F)F)C(=O)CN1C(=O)c2ccccc2C(C)(C)C1=O. The molecule has 0 aromatic heterocycles. The van der Waals surface area contributed by atoms with Gasteiger partial charge in [-0.25, -0.2) is 0 Å². The molecule has 1 aromatic carbocycles. The summed E-state index contributed by atoms with van der Waals surface area (Å²) in [5.41, 5.74) is -0.242. The molecule has 1 aliphatic heterocycles. The van der Waals surface area contributed by atoms with Crippen LogP contribution >= 0.6 is 0 Å². The highest BCUT2D eigenvalue weighted by Gasteiger charge is 2.45. The first-order valence-corrected chi connectivity index (χ1v) is 7.21. The first kappa shape index (κ1) is 18.0. The first-order valence-electron chi connectivity index (χ1n) is 7.21. The lowest BCUT2D eigenvalue weighted by Gasteiger charge is -2.37. The Balaban J connectivity index is 2.27. The number of benzene rings is 1. The zero-order chi connectivity index (χ0) is 18.3. The van der Waals surface area contributed by atoms with E-state index in [2.05, 4.69) is 0 Å². The van der Waals surface area contributed by atoms with Crippen LogP contribution in [0.15, 0.2) is 24.3 Å². The molecule has 0 saturated heterocycles. The molecule has 5 nitrogen and oxygen atoms in total. The van der Waals surface area contributed by atoms with Crippen LogP contribution in [0.25, 0.3) is 0 Å². The summed E-state index contributed by atoms with van der Waals surface area (Å²) in [6.45, 7) is 1.05. The fraction of sp³-hybridized carbons (Fsp3) is 0.438. The number of alkyl halides is 3. The highest BCUT2D eigenvalue weighted by molar-refractivity contribution is 6.14. The van der Waals surface area contributed by atoms with Crippen LogP contribution in [-0.4, -0.2) is 53.8 Å². The standard InChI is InChI=1S/C16H17F3N2O3/c1-15(2)11-7-5-4-6-10(11)13(23)21(14(15)24)8-12(22)20(3)9-16(17,18)19/h4-7H,8-9H2,1-3H3. The molecule has 24 heavy (non-hydrogen) atoms. The Labute approximate surface area is 137 Å². The smallest absolute Gasteiger partial charge is 0.335 e. The van der Waals surface area contributed by atoms with Gasteiger partial charge < -0.3 is 4.90 Å². The number of fused-ring (bicyclic) bond motifs is 1. The molecule has 0 radical (unpaired) electrons. The van der Waals surface area contributed by atoms with Gasteiger partial charge in [-0.1, -0.05) is 18.2 Å². The number of hydrogen-bond acceptors (Lipinski definition) is 3. The van der Waals surface area contributed by atoms with Gasteiger partial charge in [0.1, 0.15) is 13.1 Å². The maximum Gasteiger partial charge on any atom is 0.406 e. The molecular weight excluding hydrogens is 325 g/mol. The second-order valence-corrected chi connectivity index (χ2v) is 6.23. The molecule has 2 rings (SSSR count). The van der Waals surface area contributed by atoms with Crippen molar-refractivity contribution in [2.45, 2.75) is 25.4 Å². The second kappa shape index (κ2) is 5.92. The zero-order valence-electron chi connectivity index (χ0n) is 13.5. The van der Waals surface area contributed by atoms with Gasteiger partial charge >= 0.3 is 6.18 Å². The molecule has 0 spiro atoms. The third-order valence-corrected chi connectivity index (χ3v) is 3.99. The molecule has 8 heteroatoms. The van der Waals surface area contributed by atoms with Crippen LogP contribution in [0.4, 0.5) is 13.2 Å². The third-order valence-electron chi connectivity index (χ3n) is 3.99. The lowest BCUT2D eigenvalue weighted by molar-refractivity contribution is -0.159. The van der Waals surface area contributed by atoms with Crippen LogP contribution in [0.1, 0.15) is 29.8 Å². The Morgan fingerprint density at radius 3 is 2.38 bits per heavy atom. The van der Waals surface area contributed by atoms with Crippen LogP contribution in [-0.2, 0) is 15.0 Å². The van der Waals surface area contributed by atoms with E-state index in [-0.39, 0.29) is 5.56 Å². The van der Waals surface area contributed by atoms with E-state index < -0.39 is 42.4 Å². The van der Waals surface area contributed by atoms with Crippen molar-refractivity contribution >= 4 is 17.7 Å². The van der Waals surface area contributed by atoms with Gasteiger partial charge in [-0.05, 0) is 25.5 Å². The summed E-state index contributed by atoms with van der Waals surface area (Å²) in [4.78, 5) is 38.2. The molecule has 0 bridgehead atoms. The molecule has 0 N–H and O–H groups in total.